The van der Waals surface area contributed by atoms with Gasteiger partial charge in [0.15, 0.2) is 6.61 Å². The molecule has 2 N–H and O–H groups in total. The van der Waals surface area contributed by atoms with Crippen molar-refractivity contribution in [3.05, 3.63) is 23.2 Å². The first-order valence-corrected chi connectivity index (χ1v) is 10.1. The van der Waals surface area contributed by atoms with E-state index in [4.69, 9.17) is 21.1 Å². The zero-order chi connectivity index (χ0) is 21.9. The average Bonchev–Trinajstić information content (AvgIpc) is 2.94. The van der Waals surface area contributed by atoms with E-state index in [1.807, 2.05) is 6.92 Å². The van der Waals surface area contributed by atoms with Crippen molar-refractivity contribution in [2.75, 3.05) is 25.6 Å². The van der Waals surface area contributed by atoms with Crippen LogP contribution in [0.4, 0.5) is 10.5 Å². The molecule has 2 aliphatic rings. The molecule has 2 unspecified atom stereocenters. The molecule has 1 aliphatic heterocycles. The van der Waals surface area contributed by atoms with Gasteiger partial charge in [-0.2, -0.15) is 0 Å². The lowest BCUT2D eigenvalue weighted by Gasteiger charge is -2.36. The first kappa shape index (κ1) is 21.9. The lowest BCUT2D eigenvalue weighted by atomic mass is 9.73. The molecule has 2 fully saturated rings. The largest absolute Gasteiger partial charge is 0.495 e. The van der Waals surface area contributed by atoms with Crippen molar-refractivity contribution < 1.29 is 28.7 Å². The summed E-state index contributed by atoms with van der Waals surface area (Å²) in [5.41, 5.74) is -0.621. The van der Waals surface area contributed by atoms with Crippen molar-refractivity contribution in [3.8, 4) is 5.75 Å². The second-order valence-corrected chi connectivity index (χ2v) is 7.93. The van der Waals surface area contributed by atoms with Crippen molar-refractivity contribution in [3.63, 3.8) is 0 Å². The first-order chi connectivity index (χ1) is 14.3. The molecular formula is C20H24ClN3O6. The van der Waals surface area contributed by atoms with Crippen LogP contribution in [-0.2, 0) is 19.1 Å². The van der Waals surface area contributed by atoms with Gasteiger partial charge in [-0.3, -0.25) is 19.3 Å². The Morgan fingerprint density at radius 2 is 2.10 bits per heavy atom. The minimum Gasteiger partial charge on any atom is -0.495 e. The van der Waals surface area contributed by atoms with E-state index >= 15 is 0 Å². The van der Waals surface area contributed by atoms with Crippen LogP contribution in [-0.4, -0.2) is 54.5 Å². The monoisotopic (exact) mass is 437 g/mol. The summed E-state index contributed by atoms with van der Waals surface area (Å²) in [7, 11) is 1.44. The molecule has 1 saturated carbocycles. The van der Waals surface area contributed by atoms with Gasteiger partial charge in [0.25, 0.3) is 11.8 Å². The van der Waals surface area contributed by atoms with Crippen LogP contribution in [0, 0.1) is 5.92 Å². The van der Waals surface area contributed by atoms with E-state index in [-0.39, 0.29) is 5.92 Å². The Balaban J connectivity index is 1.55. The lowest BCUT2D eigenvalue weighted by molar-refractivity contribution is -0.150. The van der Waals surface area contributed by atoms with E-state index in [0.717, 1.165) is 24.2 Å². The lowest BCUT2D eigenvalue weighted by Crippen LogP contribution is -2.54. The van der Waals surface area contributed by atoms with Gasteiger partial charge in [-0.1, -0.05) is 31.4 Å². The summed E-state index contributed by atoms with van der Waals surface area (Å²) >= 11 is 5.91. The molecule has 0 bridgehead atoms. The van der Waals surface area contributed by atoms with Gasteiger partial charge in [0.2, 0.25) is 0 Å². The molecule has 1 spiro atoms. The fraction of sp³-hybridized carbons (Fsp3) is 0.500. The molecule has 1 aliphatic carbocycles. The highest BCUT2D eigenvalue weighted by Gasteiger charge is 2.55. The van der Waals surface area contributed by atoms with E-state index in [0.29, 0.717) is 22.9 Å². The van der Waals surface area contributed by atoms with Crippen LogP contribution in [0.25, 0.3) is 0 Å². The average molecular weight is 438 g/mol. The van der Waals surface area contributed by atoms with Gasteiger partial charge < -0.3 is 20.1 Å². The molecular weight excluding hydrogens is 414 g/mol. The third kappa shape index (κ3) is 4.35. The molecule has 0 aromatic heterocycles. The van der Waals surface area contributed by atoms with Crippen LogP contribution in [0.1, 0.15) is 32.6 Å². The first-order valence-electron chi connectivity index (χ1n) is 9.70. The van der Waals surface area contributed by atoms with E-state index in [9.17, 15) is 19.2 Å². The minimum absolute atomic E-state index is 0.0119. The van der Waals surface area contributed by atoms with Crippen LogP contribution < -0.4 is 15.4 Å². The third-order valence-corrected chi connectivity index (χ3v) is 5.82. The molecule has 2 atom stereocenters. The molecule has 4 amide bonds. The smallest absolute Gasteiger partial charge is 0.326 e. The molecule has 30 heavy (non-hydrogen) atoms. The number of carbonyl (C=O) groups is 4. The van der Waals surface area contributed by atoms with Gasteiger partial charge in [-0.15, -0.1) is 0 Å². The number of anilines is 1. The zero-order valence-electron chi connectivity index (χ0n) is 16.8. The van der Waals surface area contributed by atoms with Crippen LogP contribution in [0.5, 0.6) is 5.75 Å². The second kappa shape index (κ2) is 8.91. The van der Waals surface area contributed by atoms with E-state index in [2.05, 4.69) is 10.6 Å². The van der Waals surface area contributed by atoms with Gasteiger partial charge >= 0.3 is 12.0 Å². The topological polar surface area (TPSA) is 114 Å². The second-order valence-electron chi connectivity index (χ2n) is 7.49. The Morgan fingerprint density at radius 3 is 2.80 bits per heavy atom. The molecule has 1 heterocycles. The number of benzene rings is 1. The number of imide groups is 1. The maximum absolute atomic E-state index is 12.8. The number of hydrogen-bond donors (Lipinski definition) is 2. The Labute approximate surface area is 179 Å². The summed E-state index contributed by atoms with van der Waals surface area (Å²) in [5, 5.41) is 5.70. The maximum Gasteiger partial charge on any atom is 0.326 e. The predicted molar refractivity (Wildman–Crippen MR) is 108 cm³/mol. The van der Waals surface area contributed by atoms with Crippen LogP contribution >= 0.6 is 11.6 Å². The Bertz CT molecular complexity index is 876. The highest BCUT2D eigenvalue weighted by Crippen LogP contribution is 2.38. The Hall–Kier alpha value is -2.81. The summed E-state index contributed by atoms with van der Waals surface area (Å²) in [6.07, 6.45) is 3.22. The van der Waals surface area contributed by atoms with Crippen LogP contribution in [0.2, 0.25) is 5.02 Å². The van der Waals surface area contributed by atoms with Crippen molar-refractivity contribution >= 4 is 41.1 Å². The zero-order valence-corrected chi connectivity index (χ0v) is 17.6. The standard InChI is InChI=1S/C20H24ClN3O6/c1-12-5-3-4-8-20(12)18(27)24(19(28)23-20)10-17(26)30-11-16(25)22-14-9-13(21)6-7-15(14)29-2/h6-7,9,12H,3-5,8,10-11H2,1-2H3,(H,22,25)(H,23,28). The quantitative estimate of drug-likeness (QED) is 0.521. The molecule has 1 aromatic carbocycles. The molecule has 10 heteroatoms. The van der Waals surface area contributed by atoms with E-state index < -0.39 is 42.5 Å². The van der Waals surface area contributed by atoms with Crippen LogP contribution in [0.3, 0.4) is 0 Å². The fourth-order valence-corrected chi connectivity index (χ4v) is 4.10. The number of nitrogens with one attached hydrogen (secondary N) is 2. The number of carbonyl (C=O) groups excluding carboxylic acids is 4. The number of halogens is 1. The summed E-state index contributed by atoms with van der Waals surface area (Å²) in [6.45, 7) is 0.792. The summed E-state index contributed by atoms with van der Waals surface area (Å²) < 4.78 is 10.1. The normalized spacial score (nSPS) is 23.3. The van der Waals surface area contributed by atoms with Crippen molar-refractivity contribution in [1.82, 2.24) is 10.2 Å². The number of hydrogen-bond acceptors (Lipinski definition) is 6. The molecule has 1 saturated heterocycles. The van der Waals surface area contributed by atoms with Gasteiger partial charge in [-0.25, -0.2) is 4.79 Å². The van der Waals surface area contributed by atoms with E-state index in [1.54, 1.807) is 12.1 Å². The van der Waals surface area contributed by atoms with Crippen molar-refractivity contribution in [2.24, 2.45) is 5.92 Å². The summed E-state index contributed by atoms with van der Waals surface area (Å²) in [4.78, 5) is 50.3. The molecule has 0 radical (unpaired) electrons. The number of nitrogens with zero attached hydrogens (tertiary/aromatic N) is 1. The third-order valence-electron chi connectivity index (χ3n) is 5.59. The number of urea groups is 1. The number of esters is 1. The molecule has 3 rings (SSSR count). The summed E-state index contributed by atoms with van der Waals surface area (Å²) in [5.74, 6) is -1.50. The number of rotatable bonds is 6. The van der Waals surface area contributed by atoms with Crippen molar-refractivity contribution in [2.45, 2.75) is 38.1 Å². The highest BCUT2D eigenvalue weighted by molar-refractivity contribution is 6.31. The van der Waals surface area contributed by atoms with Gasteiger partial charge in [0.1, 0.15) is 17.8 Å². The van der Waals surface area contributed by atoms with Gasteiger partial charge in [0, 0.05) is 5.02 Å². The molecule has 162 valence electrons. The van der Waals surface area contributed by atoms with Gasteiger partial charge in [0.05, 0.1) is 12.8 Å². The Morgan fingerprint density at radius 1 is 1.33 bits per heavy atom. The van der Waals surface area contributed by atoms with Crippen molar-refractivity contribution in [1.29, 1.82) is 0 Å². The summed E-state index contributed by atoms with van der Waals surface area (Å²) in [6, 6.07) is 4.08. The molecule has 1 aromatic rings. The van der Waals surface area contributed by atoms with Crippen LogP contribution in [0.15, 0.2) is 18.2 Å². The highest BCUT2D eigenvalue weighted by atomic mass is 35.5. The number of methoxy groups -OCH3 is 1. The Kier molecular flexibility index (Phi) is 6.50. The number of amides is 4. The fourth-order valence-electron chi connectivity index (χ4n) is 3.92. The van der Waals surface area contributed by atoms with E-state index in [1.165, 1.54) is 13.2 Å². The predicted octanol–water partition coefficient (Wildman–Crippen LogP) is 2.33. The number of ether oxygens (including phenoxy) is 2. The molecule has 9 nitrogen and oxygen atoms in total. The maximum atomic E-state index is 12.8. The minimum atomic E-state index is -0.948. The van der Waals surface area contributed by atoms with Gasteiger partial charge in [-0.05, 0) is 37.0 Å². The SMILES string of the molecule is COc1ccc(Cl)cc1NC(=O)COC(=O)CN1C(=O)NC2(CCCCC2C)C1=O.